The minimum absolute atomic E-state index is 0.382. The zero-order chi connectivity index (χ0) is 14.0. The van der Waals surface area contributed by atoms with E-state index >= 15 is 0 Å². The number of nitrogen functional groups attached to an aromatic ring is 1. The van der Waals surface area contributed by atoms with Gasteiger partial charge in [-0.2, -0.15) is 0 Å². The number of rotatable bonds is 3. The van der Waals surface area contributed by atoms with Crippen LogP contribution in [0, 0.1) is 13.8 Å². The quantitative estimate of drug-likeness (QED) is 0.874. The van der Waals surface area contributed by atoms with Crippen LogP contribution in [0.15, 0.2) is 41.3 Å². The lowest BCUT2D eigenvalue weighted by molar-refractivity contribution is 0.683. The molecule has 0 bridgehead atoms. The highest BCUT2D eigenvalue weighted by molar-refractivity contribution is 7.84. The van der Waals surface area contributed by atoms with Crippen molar-refractivity contribution in [1.82, 2.24) is 0 Å². The van der Waals surface area contributed by atoms with Crippen molar-refractivity contribution in [3.8, 4) is 0 Å². The monoisotopic (exact) mass is 293 g/mol. The van der Waals surface area contributed by atoms with E-state index in [0.29, 0.717) is 21.4 Å². The van der Waals surface area contributed by atoms with E-state index in [1.54, 1.807) is 6.07 Å². The van der Waals surface area contributed by atoms with Crippen molar-refractivity contribution < 1.29 is 4.21 Å². The predicted molar refractivity (Wildman–Crippen MR) is 81.9 cm³/mol. The molecule has 2 nitrogen and oxygen atoms in total. The van der Waals surface area contributed by atoms with Gasteiger partial charge in [0, 0.05) is 5.02 Å². The molecule has 0 aliphatic carbocycles. The molecule has 2 aromatic carbocycles. The summed E-state index contributed by atoms with van der Waals surface area (Å²) in [5.74, 6) is 0.382. The van der Waals surface area contributed by atoms with Gasteiger partial charge >= 0.3 is 0 Å². The van der Waals surface area contributed by atoms with Crippen LogP contribution in [0.2, 0.25) is 5.02 Å². The molecule has 2 rings (SSSR count). The molecule has 0 saturated carbocycles. The summed E-state index contributed by atoms with van der Waals surface area (Å²) in [4.78, 5) is 0.677. The van der Waals surface area contributed by atoms with Crippen molar-refractivity contribution >= 4 is 28.1 Å². The van der Waals surface area contributed by atoms with Gasteiger partial charge in [-0.25, -0.2) is 0 Å². The maximum atomic E-state index is 12.4. The van der Waals surface area contributed by atoms with E-state index in [-0.39, 0.29) is 0 Å². The van der Waals surface area contributed by atoms with Crippen LogP contribution in [0.5, 0.6) is 0 Å². The average Bonchev–Trinajstić information content (AvgIpc) is 2.36. The van der Waals surface area contributed by atoms with E-state index < -0.39 is 10.8 Å². The molecule has 0 heterocycles. The summed E-state index contributed by atoms with van der Waals surface area (Å²) in [5, 5.41) is 0.652. The highest BCUT2D eigenvalue weighted by Gasteiger charge is 2.12. The first kappa shape index (κ1) is 14.1. The van der Waals surface area contributed by atoms with Crippen molar-refractivity contribution in [1.29, 1.82) is 0 Å². The fourth-order valence-electron chi connectivity index (χ4n) is 1.84. The third-order valence-corrected chi connectivity index (χ3v) is 4.80. The molecule has 0 saturated heterocycles. The van der Waals surface area contributed by atoms with Crippen LogP contribution < -0.4 is 5.73 Å². The van der Waals surface area contributed by atoms with Crippen molar-refractivity contribution in [2.45, 2.75) is 24.5 Å². The second kappa shape index (κ2) is 5.76. The molecule has 0 radical (unpaired) electrons. The molecule has 4 heteroatoms. The van der Waals surface area contributed by atoms with Crippen LogP contribution in [0.25, 0.3) is 0 Å². The number of para-hydroxylation sites is 1. The van der Waals surface area contributed by atoms with E-state index in [0.717, 1.165) is 16.7 Å². The Morgan fingerprint density at radius 2 is 1.95 bits per heavy atom. The third-order valence-electron chi connectivity index (χ3n) is 3.02. The van der Waals surface area contributed by atoms with Crippen LogP contribution in [0.1, 0.15) is 16.7 Å². The summed E-state index contributed by atoms with van der Waals surface area (Å²) in [6, 6.07) is 11.4. The van der Waals surface area contributed by atoms with E-state index in [1.807, 2.05) is 44.2 Å². The molecule has 1 atom stereocenters. The first-order valence-electron chi connectivity index (χ1n) is 5.97. The maximum Gasteiger partial charge on any atom is 0.0623 e. The molecule has 0 fully saturated rings. The zero-order valence-corrected chi connectivity index (χ0v) is 12.5. The van der Waals surface area contributed by atoms with Crippen LogP contribution in [0.3, 0.4) is 0 Å². The van der Waals surface area contributed by atoms with E-state index in [1.165, 1.54) is 0 Å². The number of aryl methyl sites for hydroxylation is 2. The van der Waals surface area contributed by atoms with E-state index in [4.69, 9.17) is 17.3 Å². The number of nitrogens with two attached hydrogens (primary N) is 1. The molecule has 0 aliphatic heterocycles. The molecule has 0 aromatic heterocycles. The Bertz CT molecular complexity index is 640. The summed E-state index contributed by atoms with van der Waals surface area (Å²) in [7, 11) is -1.18. The Morgan fingerprint density at radius 3 is 2.63 bits per heavy atom. The number of halogens is 1. The first-order chi connectivity index (χ1) is 8.99. The van der Waals surface area contributed by atoms with Gasteiger partial charge in [-0.05, 0) is 42.7 Å². The highest BCUT2D eigenvalue weighted by Crippen LogP contribution is 2.25. The summed E-state index contributed by atoms with van der Waals surface area (Å²) in [6.07, 6.45) is 0. The van der Waals surface area contributed by atoms with Gasteiger partial charge in [0.1, 0.15) is 0 Å². The van der Waals surface area contributed by atoms with Gasteiger partial charge in [0.15, 0.2) is 0 Å². The van der Waals surface area contributed by atoms with Gasteiger partial charge in [0.25, 0.3) is 0 Å². The van der Waals surface area contributed by atoms with E-state index in [9.17, 15) is 4.21 Å². The summed E-state index contributed by atoms with van der Waals surface area (Å²) >= 11 is 6.17. The molecular formula is C15H16ClNOS. The van der Waals surface area contributed by atoms with Gasteiger partial charge < -0.3 is 5.73 Å². The summed E-state index contributed by atoms with van der Waals surface area (Å²) in [5.41, 5.74) is 9.49. The van der Waals surface area contributed by atoms with Crippen molar-refractivity contribution in [3.05, 3.63) is 58.1 Å². The van der Waals surface area contributed by atoms with Crippen molar-refractivity contribution in [3.63, 3.8) is 0 Å². The second-order valence-electron chi connectivity index (χ2n) is 4.57. The van der Waals surface area contributed by atoms with Crippen molar-refractivity contribution in [2.75, 3.05) is 5.73 Å². The number of anilines is 1. The molecule has 100 valence electrons. The average molecular weight is 294 g/mol. The smallest absolute Gasteiger partial charge is 0.0623 e. The molecule has 1 unspecified atom stereocenters. The Morgan fingerprint density at radius 1 is 1.21 bits per heavy atom. The Labute approximate surface area is 121 Å². The van der Waals surface area contributed by atoms with Gasteiger partial charge in [-0.15, -0.1) is 0 Å². The van der Waals surface area contributed by atoms with Gasteiger partial charge in [-0.3, -0.25) is 4.21 Å². The van der Waals surface area contributed by atoms with Crippen LogP contribution in [-0.4, -0.2) is 4.21 Å². The topological polar surface area (TPSA) is 43.1 Å². The summed E-state index contributed by atoms with van der Waals surface area (Å²) < 4.78 is 12.4. The Balaban J connectivity index is 2.28. The maximum absolute atomic E-state index is 12.4. The predicted octanol–water partition coefficient (Wildman–Crippen LogP) is 3.85. The number of hydrogen-bond acceptors (Lipinski definition) is 2. The van der Waals surface area contributed by atoms with Crippen LogP contribution in [-0.2, 0) is 16.6 Å². The lowest BCUT2D eigenvalue weighted by atomic mass is 10.2. The minimum Gasteiger partial charge on any atom is -0.398 e. The molecule has 2 aromatic rings. The lowest BCUT2D eigenvalue weighted by Crippen LogP contribution is -2.03. The van der Waals surface area contributed by atoms with Crippen molar-refractivity contribution in [2.24, 2.45) is 0 Å². The highest BCUT2D eigenvalue weighted by atomic mass is 35.5. The standard InChI is InChI=1S/C15H16ClNOS/c1-10-6-7-12(13(16)8-10)9-19(18)14-5-3-4-11(2)15(14)17/h3-8H,9,17H2,1-2H3. The SMILES string of the molecule is Cc1ccc(CS(=O)c2cccc(C)c2N)c(Cl)c1. The number of hydrogen-bond donors (Lipinski definition) is 1. The molecular weight excluding hydrogens is 278 g/mol. The third kappa shape index (κ3) is 3.17. The molecule has 0 spiro atoms. The van der Waals surface area contributed by atoms with Gasteiger partial charge in [-0.1, -0.05) is 35.9 Å². The lowest BCUT2D eigenvalue weighted by Gasteiger charge is -2.09. The largest absolute Gasteiger partial charge is 0.398 e. The minimum atomic E-state index is -1.18. The zero-order valence-electron chi connectivity index (χ0n) is 10.9. The van der Waals surface area contributed by atoms with E-state index in [2.05, 4.69) is 0 Å². The van der Waals surface area contributed by atoms with Gasteiger partial charge in [0.05, 0.1) is 27.1 Å². The Hall–Kier alpha value is -1.32. The fourth-order valence-corrected chi connectivity index (χ4v) is 3.55. The van der Waals surface area contributed by atoms with Crippen LogP contribution >= 0.6 is 11.6 Å². The number of benzene rings is 2. The first-order valence-corrected chi connectivity index (χ1v) is 7.67. The second-order valence-corrected chi connectivity index (χ2v) is 6.40. The molecule has 19 heavy (non-hydrogen) atoms. The fraction of sp³-hybridized carbons (Fsp3) is 0.200. The summed E-state index contributed by atoms with van der Waals surface area (Å²) in [6.45, 7) is 3.89. The van der Waals surface area contributed by atoms with Crippen LogP contribution in [0.4, 0.5) is 5.69 Å². The molecule has 2 N–H and O–H groups in total. The molecule has 0 aliphatic rings. The van der Waals surface area contributed by atoms with Gasteiger partial charge in [0.2, 0.25) is 0 Å². The normalized spacial score (nSPS) is 12.4. The Kier molecular flexibility index (Phi) is 4.27. The molecule has 0 amide bonds.